The highest BCUT2D eigenvalue weighted by Gasteiger charge is 2.23. The van der Waals surface area contributed by atoms with Gasteiger partial charge in [0.15, 0.2) is 0 Å². The molecule has 1 fully saturated rings. The fraction of sp³-hybridized carbons (Fsp3) is 0.429. The molecule has 3 N–H and O–H groups in total. The maximum Gasteiger partial charge on any atom is 0.240 e. The first kappa shape index (κ1) is 15.4. The molecule has 4 nitrogen and oxygen atoms in total. The molecule has 108 valence electrons. The van der Waals surface area contributed by atoms with Crippen molar-refractivity contribution in [1.29, 1.82) is 0 Å². The highest BCUT2D eigenvalue weighted by atomic mass is 32.2. The normalized spacial score (nSPS) is 18.6. The minimum Gasteiger partial charge on any atom is -0.320 e. The summed E-state index contributed by atoms with van der Waals surface area (Å²) in [5.41, 5.74) is 6.99. The van der Waals surface area contributed by atoms with E-state index >= 15 is 0 Å². The lowest BCUT2D eigenvalue weighted by Gasteiger charge is -2.12. The third kappa shape index (κ3) is 3.76. The summed E-state index contributed by atoms with van der Waals surface area (Å²) < 4.78 is 27.3. The topological polar surface area (TPSA) is 72.2 Å². The van der Waals surface area contributed by atoms with Gasteiger partial charge in [0.2, 0.25) is 10.0 Å². The highest BCUT2D eigenvalue weighted by Crippen LogP contribution is 2.20. The molecule has 1 aliphatic rings. The number of hydrogen-bond donors (Lipinski definition) is 2. The van der Waals surface area contributed by atoms with E-state index in [1.54, 1.807) is 30.0 Å². The summed E-state index contributed by atoms with van der Waals surface area (Å²) in [4.78, 5) is 0.296. The molecular formula is C14H18N2O2S2. The van der Waals surface area contributed by atoms with Gasteiger partial charge >= 0.3 is 0 Å². The van der Waals surface area contributed by atoms with E-state index in [1.165, 1.54) is 0 Å². The number of aryl methyl sites for hydroxylation is 1. The van der Waals surface area contributed by atoms with Gasteiger partial charge in [0.05, 0.1) is 11.4 Å². The van der Waals surface area contributed by atoms with E-state index in [2.05, 4.69) is 16.6 Å². The Labute approximate surface area is 124 Å². The Balaban J connectivity index is 2.21. The van der Waals surface area contributed by atoms with Gasteiger partial charge in [-0.2, -0.15) is 11.8 Å². The Kier molecular flexibility index (Phi) is 5.11. The van der Waals surface area contributed by atoms with Crippen LogP contribution >= 0.6 is 11.8 Å². The van der Waals surface area contributed by atoms with Crippen molar-refractivity contribution >= 4 is 21.8 Å². The van der Waals surface area contributed by atoms with Crippen LogP contribution in [0.4, 0.5) is 0 Å². The van der Waals surface area contributed by atoms with Crippen LogP contribution in [0, 0.1) is 18.8 Å². The van der Waals surface area contributed by atoms with Gasteiger partial charge in [-0.1, -0.05) is 11.8 Å². The van der Waals surface area contributed by atoms with Crippen LogP contribution in [0.25, 0.3) is 0 Å². The predicted octanol–water partition coefficient (Wildman–Crippen LogP) is 1.09. The first-order valence-electron chi connectivity index (χ1n) is 6.42. The zero-order valence-corrected chi connectivity index (χ0v) is 13.0. The highest BCUT2D eigenvalue weighted by molar-refractivity contribution is 7.99. The summed E-state index contributed by atoms with van der Waals surface area (Å²) in [7, 11) is -3.44. The molecular weight excluding hydrogens is 292 g/mol. The van der Waals surface area contributed by atoms with E-state index in [1.807, 2.05) is 6.92 Å². The second-order valence-corrected chi connectivity index (χ2v) is 7.53. The van der Waals surface area contributed by atoms with Crippen molar-refractivity contribution < 1.29 is 8.42 Å². The summed E-state index contributed by atoms with van der Waals surface area (Å²) in [6.45, 7) is 2.14. The maximum absolute atomic E-state index is 12.3. The van der Waals surface area contributed by atoms with Crippen LogP contribution in [-0.4, -0.2) is 32.5 Å². The zero-order valence-electron chi connectivity index (χ0n) is 11.3. The van der Waals surface area contributed by atoms with Gasteiger partial charge in [-0.25, -0.2) is 13.1 Å². The van der Waals surface area contributed by atoms with Crippen molar-refractivity contribution in [3.63, 3.8) is 0 Å². The quantitative estimate of drug-likeness (QED) is 0.820. The van der Waals surface area contributed by atoms with Crippen molar-refractivity contribution in [2.75, 3.05) is 18.1 Å². The standard InChI is InChI=1S/C14H18N2O2S2/c1-11-9-14(5-4-12(11)3-2-7-15)20(17,18)16-13-6-8-19-10-13/h4-5,9,13,16H,6-8,10,15H2,1H3. The summed E-state index contributed by atoms with van der Waals surface area (Å²) in [5.74, 6) is 7.56. The number of hydrogen-bond acceptors (Lipinski definition) is 4. The predicted molar refractivity (Wildman–Crippen MR) is 83.2 cm³/mol. The van der Waals surface area contributed by atoms with Gasteiger partial charge in [-0.15, -0.1) is 0 Å². The zero-order chi connectivity index (χ0) is 14.6. The molecule has 1 aromatic carbocycles. The van der Waals surface area contributed by atoms with Crippen LogP contribution in [0.1, 0.15) is 17.5 Å². The lowest BCUT2D eigenvalue weighted by atomic mass is 10.1. The second kappa shape index (κ2) is 6.64. The number of thioether (sulfide) groups is 1. The molecule has 0 radical (unpaired) electrons. The Morgan fingerprint density at radius 1 is 1.50 bits per heavy atom. The van der Waals surface area contributed by atoms with Gasteiger partial charge in [-0.3, -0.25) is 0 Å². The van der Waals surface area contributed by atoms with Gasteiger partial charge < -0.3 is 5.73 Å². The summed E-state index contributed by atoms with van der Waals surface area (Å²) >= 11 is 1.78. The molecule has 0 aromatic heterocycles. The summed E-state index contributed by atoms with van der Waals surface area (Å²) in [6, 6.07) is 5.03. The molecule has 0 amide bonds. The molecule has 1 unspecified atom stereocenters. The molecule has 1 atom stereocenters. The van der Waals surface area contributed by atoms with Gasteiger partial charge in [0.25, 0.3) is 0 Å². The second-order valence-electron chi connectivity index (χ2n) is 4.66. The third-order valence-electron chi connectivity index (χ3n) is 3.08. The van der Waals surface area contributed by atoms with Gasteiger partial charge in [0, 0.05) is 17.4 Å². The molecule has 0 saturated carbocycles. The molecule has 0 bridgehead atoms. The maximum atomic E-state index is 12.3. The molecule has 6 heteroatoms. The third-order valence-corrected chi connectivity index (χ3v) is 5.77. The number of benzene rings is 1. The summed E-state index contributed by atoms with van der Waals surface area (Å²) in [6.07, 6.45) is 0.892. The molecule has 1 aromatic rings. The van der Waals surface area contributed by atoms with E-state index in [0.717, 1.165) is 29.1 Å². The van der Waals surface area contributed by atoms with Crippen molar-refractivity contribution in [3.05, 3.63) is 29.3 Å². The van der Waals surface area contributed by atoms with Crippen LogP contribution in [0.2, 0.25) is 0 Å². The first-order valence-corrected chi connectivity index (χ1v) is 9.06. The molecule has 2 rings (SSSR count). The van der Waals surface area contributed by atoms with E-state index in [-0.39, 0.29) is 6.04 Å². The molecule has 20 heavy (non-hydrogen) atoms. The molecule has 1 aliphatic heterocycles. The molecule has 0 aliphatic carbocycles. The SMILES string of the molecule is Cc1cc(S(=O)(=O)NC2CCSC2)ccc1C#CCN. The first-order chi connectivity index (χ1) is 9.53. The molecule has 1 heterocycles. The number of sulfonamides is 1. The van der Waals surface area contributed by atoms with Crippen molar-refractivity contribution in [1.82, 2.24) is 4.72 Å². The minimum absolute atomic E-state index is 0.0435. The van der Waals surface area contributed by atoms with Crippen LogP contribution in [-0.2, 0) is 10.0 Å². The number of nitrogens with one attached hydrogen (secondary N) is 1. The minimum atomic E-state index is -3.44. The van der Waals surface area contributed by atoms with Gasteiger partial charge in [-0.05, 0) is 42.9 Å². The lowest BCUT2D eigenvalue weighted by molar-refractivity contribution is 0.563. The van der Waals surface area contributed by atoms with Crippen molar-refractivity contribution in [2.24, 2.45) is 5.73 Å². The number of nitrogens with two attached hydrogens (primary N) is 1. The molecule has 0 spiro atoms. The van der Waals surface area contributed by atoms with E-state index < -0.39 is 10.0 Å². The van der Waals surface area contributed by atoms with Crippen LogP contribution in [0.15, 0.2) is 23.1 Å². The fourth-order valence-corrected chi connectivity index (χ4v) is 4.62. The van der Waals surface area contributed by atoms with Crippen molar-refractivity contribution in [2.45, 2.75) is 24.3 Å². The Morgan fingerprint density at radius 2 is 2.30 bits per heavy atom. The summed E-state index contributed by atoms with van der Waals surface area (Å²) in [5, 5.41) is 0. The Hall–Kier alpha value is -1.00. The smallest absolute Gasteiger partial charge is 0.240 e. The fourth-order valence-electron chi connectivity index (χ4n) is 2.00. The monoisotopic (exact) mass is 310 g/mol. The van der Waals surface area contributed by atoms with Crippen LogP contribution in [0.5, 0.6) is 0 Å². The van der Waals surface area contributed by atoms with E-state index in [4.69, 9.17) is 5.73 Å². The molecule has 1 saturated heterocycles. The number of rotatable bonds is 3. The largest absolute Gasteiger partial charge is 0.320 e. The van der Waals surface area contributed by atoms with Crippen molar-refractivity contribution in [3.8, 4) is 11.8 Å². The van der Waals surface area contributed by atoms with Crippen LogP contribution in [0.3, 0.4) is 0 Å². The Bertz CT molecular complexity index is 639. The van der Waals surface area contributed by atoms with E-state index in [0.29, 0.717) is 11.4 Å². The van der Waals surface area contributed by atoms with Gasteiger partial charge in [0.1, 0.15) is 0 Å². The average Bonchev–Trinajstić information content (AvgIpc) is 2.89. The van der Waals surface area contributed by atoms with Crippen LogP contribution < -0.4 is 10.5 Å². The Morgan fingerprint density at radius 3 is 2.90 bits per heavy atom. The average molecular weight is 310 g/mol. The van der Waals surface area contributed by atoms with E-state index in [9.17, 15) is 8.42 Å². The lowest BCUT2D eigenvalue weighted by Crippen LogP contribution is -2.34.